The van der Waals surface area contributed by atoms with E-state index in [0.717, 1.165) is 38.2 Å². The van der Waals surface area contributed by atoms with Crippen molar-refractivity contribution in [1.82, 2.24) is 9.80 Å². The van der Waals surface area contributed by atoms with Gasteiger partial charge < -0.3 is 15.1 Å². The van der Waals surface area contributed by atoms with Gasteiger partial charge in [0.15, 0.2) is 0 Å². The fourth-order valence-corrected chi connectivity index (χ4v) is 4.00. The molecule has 0 radical (unpaired) electrons. The third-order valence-corrected chi connectivity index (χ3v) is 5.37. The second-order valence-electron chi connectivity index (χ2n) is 8.12. The number of para-hydroxylation sites is 1. The van der Waals surface area contributed by atoms with E-state index in [0.29, 0.717) is 17.8 Å². The average molecular weight is 358 g/mol. The second kappa shape index (κ2) is 9.77. The monoisotopic (exact) mass is 357 g/mol. The molecule has 1 aromatic rings. The number of carbonyl (C=O) groups excluding carboxylic acids is 1. The Balaban J connectivity index is 2.06. The molecule has 0 saturated carbocycles. The fourth-order valence-electron chi connectivity index (χ4n) is 4.00. The summed E-state index contributed by atoms with van der Waals surface area (Å²) in [7, 11) is 4.15. The van der Waals surface area contributed by atoms with E-state index in [1.54, 1.807) is 0 Å². The van der Waals surface area contributed by atoms with Crippen molar-refractivity contribution in [3.8, 4) is 0 Å². The van der Waals surface area contributed by atoms with E-state index >= 15 is 0 Å². The zero-order valence-electron chi connectivity index (χ0n) is 17.0. The van der Waals surface area contributed by atoms with Gasteiger partial charge in [0, 0.05) is 18.8 Å². The highest BCUT2D eigenvalue weighted by molar-refractivity contribution is 5.89. The Hall–Kier alpha value is -1.81. The van der Waals surface area contributed by atoms with Crippen LogP contribution in [-0.2, 0) is 0 Å². The maximum Gasteiger partial charge on any atom is 0.321 e. The molecule has 26 heavy (non-hydrogen) atoms. The lowest BCUT2D eigenvalue weighted by atomic mass is 9.75. The molecule has 0 heterocycles. The summed E-state index contributed by atoms with van der Waals surface area (Å²) in [5, 5.41) is 3.07. The van der Waals surface area contributed by atoms with Gasteiger partial charge in [0.1, 0.15) is 0 Å². The summed E-state index contributed by atoms with van der Waals surface area (Å²) in [4.78, 5) is 17.1. The second-order valence-corrected chi connectivity index (χ2v) is 8.12. The van der Waals surface area contributed by atoms with E-state index < -0.39 is 0 Å². The molecule has 144 valence electrons. The van der Waals surface area contributed by atoms with Gasteiger partial charge in [0.05, 0.1) is 0 Å². The van der Waals surface area contributed by atoms with Crippen molar-refractivity contribution >= 4 is 11.7 Å². The van der Waals surface area contributed by atoms with E-state index in [1.165, 1.54) is 5.57 Å². The Morgan fingerprint density at radius 3 is 2.46 bits per heavy atom. The van der Waals surface area contributed by atoms with Crippen LogP contribution < -0.4 is 5.32 Å². The van der Waals surface area contributed by atoms with Crippen LogP contribution in [0, 0.1) is 17.8 Å². The molecule has 0 bridgehead atoms. The molecular formula is C22H35N3O. The molecule has 1 aliphatic carbocycles. The third kappa shape index (κ3) is 6.17. The number of nitrogens with one attached hydrogen (secondary N) is 1. The van der Waals surface area contributed by atoms with Crippen molar-refractivity contribution < 1.29 is 4.79 Å². The lowest BCUT2D eigenvalue weighted by molar-refractivity contribution is 0.165. The van der Waals surface area contributed by atoms with E-state index in [2.05, 4.69) is 51.2 Å². The summed E-state index contributed by atoms with van der Waals surface area (Å²) in [6.07, 6.45) is 4.51. The quantitative estimate of drug-likeness (QED) is 0.717. The average Bonchev–Trinajstić information content (AvgIpc) is 2.56. The Morgan fingerprint density at radius 2 is 1.85 bits per heavy atom. The summed E-state index contributed by atoms with van der Waals surface area (Å²) >= 11 is 0. The number of carbonyl (C=O) groups is 1. The van der Waals surface area contributed by atoms with Gasteiger partial charge in [-0.15, -0.1) is 0 Å². The number of amides is 2. The van der Waals surface area contributed by atoms with Crippen molar-refractivity contribution in [3.05, 3.63) is 42.0 Å². The SMILES string of the molecule is CC1=C[C@@H](C)[C@H](CN(CCCN(C)C)C(=O)Nc2ccccc2)[C@H](C)C1. The van der Waals surface area contributed by atoms with Crippen molar-refractivity contribution in [2.45, 2.75) is 33.6 Å². The van der Waals surface area contributed by atoms with Gasteiger partial charge in [0.25, 0.3) is 0 Å². The van der Waals surface area contributed by atoms with Crippen LogP contribution in [0.15, 0.2) is 42.0 Å². The van der Waals surface area contributed by atoms with Gasteiger partial charge in [-0.1, -0.05) is 43.7 Å². The summed E-state index contributed by atoms with van der Waals surface area (Å²) in [5.74, 6) is 1.63. The van der Waals surface area contributed by atoms with Gasteiger partial charge in [-0.2, -0.15) is 0 Å². The first-order valence-corrected chi connectivity index (χ1v) is 9.79. The Kier molecular flexibility index (Phi) is 7.70. The molecule has 0 saturated heterocycles. The molecule has 4 nitrogen and oxygen atoms in total. The minimum absolute atomic E-state index is 0.0145. The van der Waals surface area contributed by atoms with Crippen LogP contribution in [0.3, 0.4) is 0 Å². The van der Waals surface area contributed by atoms with Gasteiger partial charge in [0.2, 0.25) is 0 Å². The molecule has 0 aliphatic heterocycles. The van der Waals surface area contributed by atoms with Crippen LogP contribution in [0.1, 0.15) is 33.6 Å². The highest BCUT2D eigenvalue weighted by Gasteiger charge is 2.30. The molecule has 0 aromatic heterocycles. The van der Waals surface area contributed by atoms with Crippen LogP contribution in [0.5, 0.6) is 0 Å². The van der Waals surface area contributed by atoms with Crippen LogP contribution in [0.2, 0.25) is 0 Å². The lowest BCUT2D eigenvalue weighted by Gasteiger charge is -2.37. The zero-order valence-corrected chi connectivity index (χ0v) is 17.0. The van der Waals surface area contributed by atoms with Crippen molar-refractivity contribution in [3.63, 3.8) is 0 Å². The Morgan fingerprint density at radius 1 is 1.15 bits per heavy atom. The molecule has 1 aromatic carbocycles. The topological polar surface area (TPSA) is 35.6 Å². The van der Waals surface area contributed by atoms with Gasteiger partial charge in [-0.05, 0) is 70.3 Å². The summed E-state index contributed by atoms with van der Waals surface area (Å²) in [6, 6.07) is 9.75. The number of allylic oxidation sites excluding steroid dienone is 2. The molecule has 0 spiro atoms. The maximum atomic E-state index is 12.9. The van der Waals surface area contributed by atoms with E-state index in [4.69, 9.17) is 0 Å². The van der Waals surface area contributed by atoms with Crippen molar-refractivity contribution in [1.29, 1.82) is 0 Å². The number of rotatable bonds is 7. The maximum absolute atomic E-state index is 12.9. The molecule has 1 N–H and O–H groups in total. The minimum Gasteiger partial charge on any atom is -0.324 e. The molecule has 0 unspecified atom stereocenters. The highest BCUT2D eigenvalue weighted by atomic mass is 16.2. The number of hydrogen-bond donors (Lipinski definition) is 1. The zero-order chi connectivity index (χ0) is 19.1. The highest BCUT2D eigenvalue weighted by Crippen LogP contribution is 2.34. The predicted molar refractivity (Wildman–Crippen MR) is 110 cm³/mol. The standard InChI is InChI=1S/C22H35N3O/c1-17-14-18(2)21(19(3)15-17)16-25(13-9-12-24(4)5)22(26)23-20-10-7-6-8-11-20/h6-8,10-11,14,18-19,21H,9,12-13,15-16H2,1-5H3,(H,23,26)/t18-,19-,21+/m1/s1. The van der Waals surface area contributed by atoms with Crippen LogP contribution in [0.4, 0.5) is 10.5 Å². The van der Waals surface area contributed by atoms with Crippen molar-refractivity contribution in [2.24, 2.45) is 17.8 Å². The molecule has 4 heteroatoms. The first-order valence-electron chi connectivity index (χ1n) is 9.79. The largest absolute Gasteiger partial charge is 0.324 e. The Labute approximate surface area is 159 Å². The molecule has 3 atom stereocenters. The van der Waals surface area contributed by atoms with E-state index in [-0.39, 0.29) is 6.03 Å². The molecule has 0 fully saturated rings. The minimum atomic E-state index is 0.0145. The van der Waals surface area contributed by atoms with Gasteiger partial charge in [-0.25, -0.2) is 4.79 Å². The van der Waals surface area contributed by atoms with Gasteiger partial charge in [-0.3, -0.25) is 0 Å². The molecule has 2 rings (SSSR count). The first-order chi connectivity index (χ1) is 12.4. The first kappa shape index (κ1) is 20.5. The molecular weight excluding hydrogens is 322 g/mol. The van der Waals surface area contributed by atoms with Crippen LogP contribution in [-0.4, -0.2) is 49.6 Å². The summed E-state index contributed by atoms with van der Waals surface area (Å²) < 4.78 is 0. The number of hydrogen-bond acceptors (Lipinski definition) is 2. The van der Waals surface area contributed by atoms with Gasteiger partial charge >= 0.3 is 6.03 Å². The summed E-state index contributed by atoms with van der Waals surface area (Å²) in [6.45, 7) is 9.43. The smallest absolute Gasteiger partial charge is 0.321 e. The van der Waals surface area contributed by atoms with E-state index in [9.17, 15) is 4.79 Å². The summed E-state index contributed by atoms with van der Waals surface area (Å²) in [5.41, 5.74) is 2.34. The fraction of sp³-hybridized carbons (Fsp3) is 0.591. The number of benzene rings is 1. The number of nitrogens with zero attached hydrogens (tertiary/aromatic N) is 2. The molecule has 2 amide bonds. The third-order valence-electron chi connectivity index (χ3n) is 5.37. The number of urea groups is 1. The lowest BCUT2D eigenvalue weighted by Crippen LogP contribution is -2.43. The van der Waals surface area contributed by atoms with Crippen molar-refractivity contribution in [2.75, 3.05) is 39.0 Å². The number of anilines is 1. The predicted octanol–water partition coefficient (Wildman–Crippen LogP) is 4.71. The molecule has 1 aliphatic rings. The Bertz CT molecular complexity index is 597. The van der Waals surface area contributed by atoms with E-state index in [1.807, 2.05) is 35.2 Å². The van der Waals surface area contributed by atoms with Crippen LogP contribution >= 0.6 is 0 Å². The normalized spacial score (nSPS) is 22.8. The van der Waals surface area contributed by atoms with Crippen LogP contribution in [0.25, 0.3) is 0 Å².